The molecule has 0 atom stereocenters. The number of carbonyl (C=O) groups is 2. The molecule has 0 bridgehead atoms. The van der Waals surface area contributed by atoms with Crippen LogP contribution in [0.3, 0.4) is 0 Å². The fourth-order valence-corrected chi connectivity index (χ4v) is 2.10. The van der Waals surface area contributed by atoms with Gasteiger partial charge >= 0.3 is 12.2 Å². The number of aliphatic hydroxyl groups excluding tert-OH is 1. The van der Waals surface area contributed by atoms with Gasteiger partial charge in [-0.1, -0.05) is 60.7 Å². The van der Waals surface area contributed by atoms with Crippen LogP contribution < -0.4 is 5.73 Å². The Bertz CT molecular complexity index is 765. The van der Waals surface area contributed by atoms with Gasteiger partial charge in [0.15, 0.2) is 0 Å². The molecule has 0 heterocycles. The van der Waals surface area contributed by atoms with Crippen LogP contribution >= 0.6 is 0 Å². The fraction of sp³-hybridized carbons (Fsp3) is 0.211. The van der Waals surface area contributed by atoms with Crippen molar-refractivity contribution < 1.29 is 24.2 Å². The topological polar surface area (TPSA) is 114 Å². The summed E-state index contributed by atoms with van der Waals surface area (Å²) in [7, 11) is 0. The Hall–Kier alpha value is -3.39. The number of guanidine groups is 1. The molecule has 0 spiro atoms. The second-order valence-electron chi connectivity index (χ2n) is 5.43. The van der Waals surface area contributed by atoms with Gasteiger partial charge in [-0.15, -0.1) is 4.99 Å². The predicted octanol–water partition coefficient (Wildman–Crippen LogP) is 2.27. The van der Waals surface area contributed by atoms with E-state index in [-0.39, 0.29) is 26.4 Å². The fourth-order valence-electron chi connectivity index (χ4n) is 2.10. The van der Waals surface area contributed by atoms with Gasteiger partial charge < -0.3 is 20.3 Å². The molecule has 2 rings (SSSR count). The molecule has 0 fully saturated rings. The number of amides is 2. The zero-order valence-corrected chi connectivity index (χ0v) is 14.7. The highest BCUT2D eigenvalue weighted by Crippen LogP contribution is 2.05. The highest BCUT2D eigenvalue weighted by molar-refractivity contribution is 5.97. The molecule has 2 amide bonds. The van der Waals surface area contributed by atoms with E-state index in [4.69, 9.17) is 20.3 Å². The van der Waals surface area contributed by atoms with E-state index in [0.717, 1.165) is 16.0 Å². The molecular weight excluding hydrogens is 350 g/mol. The van der Waals surface area contributed by atoms with Crippen LogP contribution in [-0.4, -0.2) is 41.3 Å². The molecule has 0 radical (unpaired) electrons. The van der Waals surface area contributed by atoms with E-state index >= 15 is 0 Å². The van der Waals surface area contributed by atoms with Gasteiger partial charge in [0.05, 0.1) is 13.2 Å². The first kappa shape index (κ1) is 19.9. The molecular formula is C19H21N3O5. The van der Waals surface area contributed by atoms with Crippen molar-refractivity contribution >= 4 is 18.1 Å². The van der Waals surface area contributed by atoms with Crippen molar-refractivity contribution in [3.8, 4) is 0 Å². The predicted molar refractivity (Wildman–Crippen MR) is 98.7 cm³/mol. The van der Waals surface area contributed by atoms with Crippen LogP contribution in [0.2, 0.25) is 0 Å². The monoisotopic (exact) mass is 371 g/mol. The normalized spacial score (nSPS) is 10.9. The number of aliphatic hydroxyl groups is 1. The first-order chi connectivity index (χ1) is 13.1. The maximum atomic E-state index is 12.2. The lowest BCUT2D eigenvalue weighted by molar-refractivity contribution is 0.110. The summed E-state index contributed by atoms with van der Waals surface area (Å²) in [5.74, 6) is -0.417. The van der Waals surface area contributed by atoms with Crippen LogP contribution in [-0.2, 0) is 22.7 Å². The second kappa shape index (κ2) is 10.6. The third-order valence-electron chi connectivity index (χ3n) is 3.44. The number of hydrogen-bond acceptors (Lipinski definition) is 5. The summed E-state index contributed by atoms with van der Waals surface area (Å²) in [4.78, 5) is 28.4. The lowest BCUT2D eigenvalue weighted by Crippen LogP contribution is -2.44. The molecule has 0 aliphatic carbocycles. The Kier molecular flexibility index (Phi) is 7.80. The summed E-state index contributed by atoms with van der Waals surface area (Å²) in [6.45, 7) is -0.507. The summed E-state index contributed by atoms with van der Waals surface area (Å²) >= 11 is 0. The van der Waals surface area contributed by atoms with Gasteiger partial charge in [0, 0.05) is 0 Å². The van der Waals surface area contributed by atoms with Crippen molar-refractivity contribution in [2.24, 2.45) is 10.7 Å². The van der Waals surface area contributed by atoms with Crippen LogP contribution in [0.15, 0.2) is 65.7 Å². The number of rotatable bonds is 6. The number of aliphatic imine (C=N–C) groups is 1. The molecule has 2 aromatic carbocycles. The van der Waals surface area contributed by atoms with Crippen molar-refractivity contribution in [3.63, 3.8) is 0 Å². The van der Waals surface area contributed by atoms with Crippen LogP contribution in [0, 0.1) is 0 Å². The lowest BCUT2D eigenvalue weighted by atomic mass is 10.2. The molecule has 27 heavy (non-hydrogen) atoms. The first-order valence-corrected chi connectivity index (χ1v) is 8.24. The summed E-state index contributed by atoms with van der Waals surface area (Å²) in [6, 6.07) is 18.1. The van der Waals surface area contributed by atoms with E-state index in [2.05, 4.69) is 4.99 Å². The van der Waals surface area contributed by atoms with Gasteiger partial charge in [-0.2, -0.15) is 0 Å². The number of benzene rings is 2. The van der Waals surface area contributed by atoms with Crippen molar-refractivity contribution in [1.82, 2.24) is 4.90 Å². The van der Waals surface area contributed by atoms with Gasteiger partial charge in [-0.25, -0.2) is 14.5 Å². The lowest BCUT2D eigenvalue weighted by Gasteiger charge is -2.19. The molecule has 3 N–H and O–H groups in total. The van der Waals surface area contributed by atoms with Crippen LogP contribution in [0.5, 0.6) is 0 Å². The van der Waals surface area contributed by atoms with Crippen molar-refractivity contribution in [1.29, 1.82) is 0 Å². The molecule has 8 nitrogen and oxygen atoms in total. The average molecular weight is 371 g/mol. The first-order valence-electron chi connectivity index (χ1n) is 8.24. The molecule has 8 heteroatoms. The smallest absolute Gasteiger partial charge is 0.437 e. The molecule has 0 unspecified atom stereocenters. The maximum absolute atomic E-state index is 12.2. The zero-order valence-electron chi connectivity index (χ0n) is 14.7. The van der Waals surface area contributed by atoms with Gasteiger partial charge in [0.1, 0.15) is 13.2 Å². The summed E-state index contributed by atoms with van der Waals surface area (Å²) in [6.07, 6.45) is -1.78. The molecule has 0 saturated carbocycles. The third kappa shape index (κ3) is 6.79. The SMILES string of the molecule is NC(=NC(=O)OCc1ccccc1)N(CCO)C(=O)OCc1ccccc1. The number of hydrogen-bond donors (Lipinski definition) is 2. The van der Waals surface area contributed by atoms with E-state index in [0.29, 0.717) is 0 Å². The Labute approximate surface area is 156 Å². The van der Waals surface area contributed by atoms with E-state index in [9.17, 15) is 9.59 Å². The van der Waals surface area contributed by atoms with Crippen LogP contribution in [0.1, 0.15) is 11.1 Å². The standard InChI is InChI=1S/C19H21N3O5/c20-17(21-18(24)26-13-15-7-3-1-4-8-15)22(11-12-23)19(25)27-14-16-9-5-2-6-10-16/h1-10,23H,11-14H2,(H2,20,21,24). The zero-order chi connectivity index (χ0) is 19.5. The Morgan fingerprint density at radius 1 is 0.926 bits per heavy atom. The summed E-state index contributed by atoms with van der Waals surface area (Å²) in [5.41, 5.74) is 7.28. The van der Waals surface area contributed by atoms with Gasteiger partial charge in [-0.05, 0) is 11.1 Å². The van der Waals surface area contributed by atoms with Crippen LogP contribution in [0.4, 0.5) is 9.59 Å². The molecule has 0 aliphatic rings. The Balaban J connectivity index is 1.93. The number of carbonyl (C=O) groups excluding carboxylic acids is 2. The number of nitrogens with two attached hydrogens (primary N) is 1. The Morgan fingerprint density at radius 3 is 1.96 bits per heavy atom. The Morgan fingerprint density at radius 2 is 1.44 bits per heavy atom. The molecule has 0 aliphatic heterocycles. The second-order valence-corrected chi connectivity index (χ2v) is 5.43. The molecule has 2 aromatic rings. The van der Waals surface area contributed by atoms with Crippen molar-refractivity contribution in [2.45, 2.75) is 13.2 Å². The van der Waals surface area contributed by atoms with E-state index in [1.807, 2.05) is 36.4 Å². The molecule has 142 valence electrons. The summed E-state index contributed by atoms with van der Waals surface area (Å²) < 4.78 is 10.1. The van der Waals surface area contributed by atoms with Gasteiger partial charge in [0.25, 0.3) is 0 Å². The van der Waals surface area contributed by atoms with Crippen molar-refractivity contribution in [2.75, 3.05) is 13.2 Å². The van der Waals surface area contributed by atoms with Crippen LogP contribution in [0.25, 0.3) is 0 Å². The highest BCUT2D eigenvalue weighted by atomic mass is 16.6. The minimum Gasteiger partial charge on any atom is -0.444 e. The molecule has 0 saturated heterocycles. The minimum absolute atomic E-state index is 0.0212. The van der Waals surface area contributed by atoms with E-state index in [1.165, 1.54) is 0 Å². The summed E-state index contributed by atoms with van der Waals surface area (Å²) in [5, 5.41) is 9.13. The van der Waals surface area contributed by atoms with Gasteiger partial charge in [-0.3, -0.25) is 0 Å². The maximum Gasteiger partial charge on any atom is 0.437 e. The quantitative estimate of drug-likeness (QED) is 0.595. The number of ether oxygens (including phenoxy) is 2. The van der Waals surface area contributed by atoms with E-state index in [1.54, 1.807) is 24.3 Å². The third-order valence-corrected chi connectivity index (χ3v) is 3.44. The van der Waals surface area contributed by atoms with E-state index < -0.39 is 18.1 Å². The largest absolute Gasteiger partial charge is 0.444 e. The minimum atomic E-state index is -0.949. The highest BCUT2D eigenvalue weighted by Gasteiger charge is 2.20. The van der Waals surface area contributed by atoms with Crippen molar-refractivity contribution in [3.05, 3.63) is 71.8 Å². The average Bonchev–Trinajstić information content (AvgIpc) is 2.70. The van der Waals surface area contributed by atoms with Gasteiger partial charge in [0.2, 0.25) is 5.96 Å². The molecule has 0 aromatic heterocycles. The number of nitrogens with zero attached hydrogens (tertiary/aromatic N) is 2.